The van der Waals surface area contributed by atoms with Crippen molar-refractivity contribution in [3.63, 3.8) is 0 Å². The van der Waals surface area contributed by atoms with Crippen LogP contribution in [0.15, 0.2) is 29.8 Å². The molecule has 0 amide bonds. The molecule has 0 saturated heterocycles. The van der Waals surface area contributed by atoms with Crippen molar-refractivity contribution in [2.24, 2.45) is 0 Å². The molecule has 2 nitrogen and oxygen atoms in total. The maximum atomic E-state index is 6.02. The lowest BCUT2D eigenvalue weighted by molar-refractivity contribution is 1.10. The van der Waals surface area contributed by atoms with Gasteiger partial charge < -0.3 is 5.32 Å². The molecule has 1 heterocycles. The number of hydrogen-bond acceptors (Lipinski definition) is 3. The van der Waals surface area contributed by atoms with Crippen LogP contribution in [0.25, 0.3) is 0 Å². The minimum atomic E-state index is 0.747. The molecule has 0 fully saturated rings. The van der Waals surface area contributed by atoms with Crippen LogP contribution >= 0.6 is 22.9 Å². The van der Waals surface area contributed by atoms with Gasteiger partial charge in [-0.25, -0.2) is 4.98 Å². The molecule has 0 aliphatic rings. The Balaban J connectivity index is 2.02. The van der Waals surface area contributed by atoms with E-state index in [1.165, 1.54) is 0 Å². The van der Waals surface area contributed by atoms with Gasteiger partial charge in [0.25, 0.3) is 0 Å². The zero-order valence-corrected chi connectivity index (χ0v) is 9.90. The second kappa shape index (κ2) is 4.64. The predicted octanol–water partition coefficient (Wildman–Crippen LogP) is 3.72. The molecule has 0 aliphatic heterocycles. The molecule has 0 saturated carbocycles. The second-order valence-electron chi connectivity index (χ2n) is 3.24. The number of anilines is 1. The van der Waals surface area contributed by atoms with Crippen LogP contribution in [-0.4, -0.2) is 4.98 Å². The monoisotopic (exact) mass is 238 g/mol. The number of hydrogen-bond donors (Lipinski definition) is 1. The van der Waals surface area contributed by atoms with E-state index in [9.17, 15) is 0 Å². The van der Waals surface area contributed by atoms with Crippen LogP contribution in [-0.2, 0) is 6.54 Å². The first kappa shape index (κ1) is 10.5. The highest BCUT2D eigenvalue weighted by molar-refractivity contribution is 7.09. The van der Waals surface area contributed by atoms with Gasteiger partial charge in [-0.05, 0) is 24.6 Å². The fraction of sp³-hybridized carbons (Fsp3) is 0.182. The minimum absolute atomic E-state index is 0.747. The number of rotatable bonds is 3. The van der Waals surface area contributed by atoms with Gasteiger partial charge in [-0.1, -0.05) is 17.7 Å². The van der Waals surface area contributed by atoms with Crippen LogP contribution in [0.3, 0.4) is 0 Å². The van der Waals surface area contributed by atoms with Crippen molar-refractivity contribution < 1.29 is 0 Å². The van der Waals surface area contributed by atoms with Crippen molar-refractivity contribution in [2.75, 3.05) is 5.32 Å². The zero-order chi connectivity index (χ0) is 10.7. The van der Waals surface area contributed by atoms with E-state index in [0.29, 0.717) is 0 Å². The Hall–Kier alpha value is -1.06. The summed E-state index contributed by atoms with van der Waals surface area (Å²) >= 11 is 7.66. The summed E-state index contributed by atoms with van der Waals surface area (Å²) in [6.07, 6.45) is 1.81. The van der Waals surface area contributed by atoms with Gasteiger partial charge in [-0.15, -0.1) is 11.3 Å². The summed E-state index contributed by atoms with van der Waals surface area (Å²) < 4.78 is 0. The van der Waals surface area contributed by atoms with Gasteiger partial charge in [-0.2, -0.15) is 0 Å². The topological polar surface area (TPSA) is 24.9 Å². The van der Waals surface area contributed by atoms with Gasteiger partial charge in [0.1, 0.15) is 5.01 Å². The molecular formula is C11H11ClN2S. The number of halogens is 1. The lowest BCUT2D eigenvalue weighted by Gasteiger charge is -2.05. The van der Waals surface area contributed by atoms with Gasteiger partial charge in [0, 0.05) is 22.3 Å². The smallest absolute Gasteiger partial charge is 0.112 e. The van der Waals surface area contributed by atoms with Gasteiger partial charge in [0.05, 0.1) is 6.54 Å². The molecule has 0 bridgehead atoms. The molecule has 0 radical (unpaired) electrons. The molecule has 2 aromatic rings. The number of aromatic nitrogens is 1. The van der Waals surface area contributed by atoms with Crippen LogP contribution < -0.4 is 5.32 Å². The standard InChI is InChI=1S/C11H11ClN2S/c1-8-2-3-9(6-10(8)12)14-7-11-13-4-5-15-11/h2-6,14H,7H2,1H3. The van der Waals surface area contributed by atoms with Crippen LogP contribution in [0, 0.1) is 6.92 Å². The van der Waals surface area contributed by atoms with Crippen molar-refractivity contribution in [1.29, 1.82) is 0 Å². The van der Waals surface area contributed by atoms with Crippen LogP contribution in [0.2, 0.25) is 5.02 Å². The number of nitrogens with one attached hydrogen (secondary N) is 1. The number of benzene rings is 1. The molecule has 15 heavy (non-hydrogen) atoms. The highest BCUT2D eigenvalue weighted by atomic mass is 35.5. The summed E-state index contributed by atoms with van der Waals surface area (Å²) in [4.78, 5) is 4.19. The maximum Gasteiger partial charge on any atom is 0.112 e. The summed E-state index contributed by atoms with van der Waals surface area (Å²) in [6, 6.07) is 5.96. The van der Waals surface area contributed by atoms with Crippen LogP contribution in [0.5, 0.6) is 0 Å². The van der Waals surface area contributed by atoms with Crippen LogP contribution in [0.4, 0.5) is 5.69 Å². The molecule has 1 aromatic heterocycles. The predicted molar refractivity (Wildman–Crippen MR) is 65.6 cm³/mol. The van der Waals surface area contributed by atoms with Gasteiger partial charge in [0.2, 0.25) is 0 Å². The largest absolute Gasteiger partial charge is 0.378 e. The summed E-state index contributed by atoms with van der Waals surface area (Å²) in [7, 11) is 0. The normalized spacial score (nSPS) is 10.3. The Kier molecular flexibility index (Phi) is 3.23. The quantitative estimate of drug-likeness (QED) is 0.882. The summed E-state index contributed by atoms with van der Waals surface area (Å²) in [5, 5.41) is 7.12. The molecule has 2 rings (SSSR count). The highest BCUT2D eigenvalue weighted by Gasteiger charge is 1.98. The second-order valence-corrected chi connectivity index (χ2v) is 4.63. The van der Waals surface area contributed by atoms with E-state index in [1.54, 1.807) is 11.3 Å². The molecule has 1 aromatic carbocycles. The molecule has 0 atom stereocenters. The average molecular weight is 239 g/mol. The van der Waals surface area contributed by atoms with E-state index in [1.807, 2.05) is 36.7 Å². The van der Waals surface area contributed by atoms with E-state index in [4.69, 9.17) is 11.6 Å². The van der Waals surface area contributed by atoms with E-state index in [-0.39, 0.29) is 0 Å². The lowest BCUT2D eigenvalue weighted by Crippen LogP contribution is -1.98. The number of aryl methyl sites for hydroxylation is 1. The zero-order valence-electron chi connectivity index (χ0n) is 8.33. The van der Waals surface area contributed by atoms with Crippen molar-refractivity contribution in [3.8, 4) is 0 Å². The first-order chi connectivity index (χ1) is 7.25. The summed E-state index contributed by atoms with van der Waals surface area (Å²) in [5.74, 6) is 0. The Morgan fingerprint density at radius 3 is 3.00 bits per heavy atom. The first-order valence-electron chi connectivity index (χ1n) is 4.64. The Bertz CT molecular complexity index is 440. The van der Waals surface area contributed by atoms with Crippen LogP contribution in [0.1, 0.15) is 10.6 Å². The molecular weight excluding hydrogens is 228 g/mol. The maximum absolute atomic E-state index is 6.02. The van der Waals surface area contributed by atoms with E-state index >= 15 is 0 Å². The molecule has 0 spiro atoms. The molecule has 0 aliphatic carbocycles. The molecule has 0 unspecified atom stereocenters. The molecule has 4 heteroatoms. The van der Waals surface area contributed by atoms with E-state index < -0.39 is 0 Å². The Morgan fingerprint density at radius 2 is 2.33 bits per heavy atom. The Morgan fingerprint density at radius 1 is 1.47 bits per heavy atom. The summed E-state index contributed by atoms with van der Waals surface area (Å²) in [5.41, 5.74) is 2.12. The van der Waals surface area contributed by atoms with Crippen molar-refractivity contribution in [2.45, 2.75) is 13.5 Å². The van der Waals surface area contributed by atoms with Crippen molar-refractivity contribution in [1.82, 2.24) is 4.98 Å². The average Bonchev–Trinajstić information content (AvgIpc) is 2.73. The fourth-order valence-corrected chi connectivity index (χ4v) is 1.96. The van der Waals surface area contributed by atoms with Gasteiger partial charge >= 0.3 is 0 Å². The third kappa shape index (κ3) is 2.70. The highest BCUT2D eigenvalue weighted by Crippen LogP contribution is 2.20. The minimum Gasteiger partial charge on any atom is -0.378 e. The fourth-order valence-electron chi connectivity index (χ4n) is 1.22. The van der Waals surface area contributed by atoms with E-state index in [2.05, 4.69) is 10.3 Å². The number of nitrogens with zero attached hydrogens (tertiary/aromatic N) is 1. The van der Waals surface area contributed by atoms with E-state index in [0.717, 1.165) is 27.8 Å². The lowest BCUT2D eigenvalue weighted by atomic mass is 10.2. The third-order valence-corrected chi connectivity index (χ3v) is 3.29. The SMILES string of the molecule is Cc1ccc(NCc2nccs2)cc1Cl. The van der Waals surface area contributed by atoms with Crippen molar-refractivity contribution in [3.05, 3.63) is 45.4 Å². The van der Waals surface area contributed by atoms with Gasteiger partial charge in [0.15, 0.2) is 0 Å². The molecule has 78 valence electrons. The van der Waals surface area contributed by atoms with Crippen molar-refractivity contribution >= 4 is 28.6 Å². The van der Waals surface area contributed by atoms with Gasteiger partial charge in [-0.3, -0.25) is 0 Å². The first-order valence-corrected chi connectivity index (χ1v) is 5.90. The summed E-state index contributed by atoms with van der Waals surface area (Å²) in [6.45, 7) is 2.74. The third-order valence-electron chi connectivity index (χ3n) is 2.10. The number of thiazole rings is 1. The molecule has 1 N–H and O–H groups in total. The Labute approximate surface area is 97.9 Å².